The lowest BCUT2D eigenvalue weighted by Gasteiger charge is -2.43. The van der Waals surface area contributed by atoms with Crippen molar-refractivity contribution in [3.8, 4) is 33.4 Å². The van der Waals surface area contributed by atoms with Gasteiger partial charge in [0.25, 0.3) is 0 Å². The zero-order valence-corrected chi connectivity index (χ0v) is 24.6. The maximum absolute atomic E-state index is 6.47. The fraction of sp³-hybridized carbons (Fsp3) is 0.179. The molecule has 6 rings (SSSR count). The van der Waals surface area contributed by atoms with Gasteiger partial charge in [-0.2, -0.15) is 0 Å². The van der Waals surface area contributed by atoms with E-state index < -0.39 is 0 Å². The Balaban J connectivity index is 1.68. The van der Waals surface area contributed by atoms with Crippen LogP contribution in [0.2, 0.25) is 0 Å². The number of rotatable bonds is 5. The van der Waals surface area contributed by atoms with Crippen LogP contribution in [0.1, 0.15) is 30.5 Å². The second-order valence-electron chi connectivity index (χ2n) is 11.2. The third-order valence-electron chi connectivity index (χ3n) is 8.12. The van der Waals surface area contributed by atoms with Crippen molar-refractivity contribution < 1.29 is 4.74 Å². The summed E-state index contributed by atoms with van der Waals surface area (Å²) in [6, 6.07) is 31.6. The first-order valence-corrected chi connectivity index (χ1v) is 14.5. The molecule has 0 saturated heterocycles. The van der Waals surface area contributed by atoms with Gasteiger partial charge < -0.3 is 9.64 Å². The number of nitrogens with zero attached hydrogens (tertiary/aromatic N) is 1. The number of allylic oxidation sites excluding steroid dienone is 5. The normalized spacial score (nSPS) is 18.1. The van der Waals surface area contributed by atoms with Gasteiger partial charge in [-0.25, -0.2) is 0 Å². The number of hydrogen-bond acceptors (Lipinski definition) is 2. The Morgan fingerprint density at radius 3 is 1.63 bits per heavy atom. The van der Waals surface area contributed by atoms with Gasteiger partial charge in [0, 0.05) is 5.69 Å². The van der Waals surface area contributed by atoms with E-state index in [-0.39, 0.29) is 12.1 Å². The summed E-state index contributed by atoms with van der Waals surface area (Å²) in [4.78, 5) is 2.46. The Hall–Kier alpha value is -4.56. The molecule has 0 amide bonds. The minimum Gasteiger partial charge on any atom is -0.482 e. The standard InChI is InChI=1S/C39H37NO/c1-6-9-37-29(5)40(36-10-7-8-11-38(36)41-37)33-24-34(30-18-12-26(2)13-19-30)39(32-22-16-28(4)17-23-32)35(25-33)31-20-14-27(3)15-21-31/h6-25,36,38H,1-5H3/b9-6-. The minimum atomic E-state index is -0.0580. The van der Waals surface area contributed by atoms with Gasteiger partial charge in [0.1, 0.15) is 11.9 Å². The van der Waals surface area contributed by atoms with E-state index in [1.165, 1.54) is 50.1 Å². The van der Waals surface area contributed by atoms with Crippen LogP contribution in [-0.4, -0.2) is 12.1 Å². The Kier molecular flexibility index (Phi) is 7.24. The Labute approximate surface area is 244 Å². The van der Waals surface area contributed by atoms with Crippen molar-refractivity contribution in [2.75, 3.05) is 4.90 Å². The van der Waals surface area contributed by atoms with Gasteiger partial charge in [0.2, 0.25) is 0 Å². The first-order chi connectivity index (χ1) is 19.9. The molecule has 0 saturated carbocycles. The van der Waals surface area contributed by atoms with Crippen LogP contribution >= 0.6 is 0 Å². The Bertz CT molecular complexity index is 1620. The quantitative estimate of drug-likeness (QED) is 0.252. The van der Waals surface area contributed by atoms with E-state index in [4.69, 9.17) is 4.74 Å². The first-order valence-electron chi connectivity index (χ1n) is 14.5. The van der Waals surface area contributed by atoms with E-state index >= 15 is 0 Å². The van der Waals surface area contributed by atoms with Gasteiger partial charge >= 0.3 is 0 Å². The molecule has 0 fully saturated rings. The van der Waals surface area contributed by atoms with E-state index in [2.05, 4.69) is 154 Å². The van der Waals surface area contributed by atoms with Crippen molar-refractivity contribution in [2.24, 2.45) is 0 Å². The van der Waals surface area contributed by atoms with Crippen LogP contribution in [0.25, 0.3) is 33.4 Å². The number of aryl methyl sites for hydroxylation is 3. The number of hydrogen-bond donors (Lipinski definition) is 0. The lowest BCUT2D eigenvalue weighted by Crippen LogP contribution is -2.46. The molecule has 1 aliphatic carbocycles. The number of fused-ring (bicyclic) bond motifs is 1. The predicted octanol–water partition coefficient (Wildman–Crippen LogP) is 10.1. The Morgan fingerprint density at radius 1 is 0.634 bits per heavy atom. The van der Waals surface area contributed by atoms with E-state index in [0.29, 0.717) is 0 Å². The zero-order chi connectivity index (χ0) is 28.5. The van der Waals surface area contributed by atoms with Gasteiger partial charge in [-0.05, 0) is 92.3 Å². The molecule has 2 unspecified atom stereocenters. The fourth-order valence-corrected chi connectivity index (χ4v) is 5.89. The summed E-state index contributed by atoms with van der Waals surface area (Å²) in [5, 5.41) is 0. The number of ether oxygens (including phenoxy) is 1. The van der Waals surface area contributed by atoms with Crippen LogP contribution in [-0.2, 0) is 4.74 Å². The zero-order valence-electron chi connectivity index (χ0n) is 24.6. The third-order valence-corrected chi connectivity index (χ3v) is 8.12. The van der Waals surface area contributed by atoms with Gasteiger partial charge in [-0.1, -0.05) is 114 Å². The highest BCUT2D eigenvalue weighted by atomic mass is 16.5. The summed E-state index contributed by atoms with van der Waals surface area (Å²) >= 11 is 0. The highest BCUT2D eigenvalue weighted by Crippen LogP contribution is 2.45. The van der Waals surface area contributed by atoms with E-state index in [1.54, 1.807) is 0 Å². The molecule has 1 heterocycles. The van der Waals surface area contributed by atoms with Crippen molar-refractivity contribution in [1.82, 2.24) is 0 Å². The third kappa shape index (κ3) is 5.18. The molecule has 4 aromatic carbocycles. The van der Waals surface area contributed by atoms with Crippen LogP contribution < -0.4 is 4.90 Å². The molecule has 4 aromatic rings. The summed E-state index contributed by atoms with van der Waals surface area (Å²) in [6.45, 7) is 10.6. The maximum atomic E-state index is 6.47. The number of anilines is 1. The molecular weight excluding hydrogens is 498 g/mol. The monoisotopic (exact) mass is 535 g/mol. The highest BCUT2D eigenvalue weighted by Gasteiger charge is 2.35. The average molecular weight is 536 g/mol. The van der Waals surface area contributed by atoms with E-state index in [0.717, 1.165) is 17.1 Å². The van der Waals surface area contributed by atoms with E-state index in [1.807, 2.05) is 6.92 Å². The lowest BCUT2D eigenvalue weighted by molar-refractivity contribution is 0.132. The minimum absolute atomic E-state index is 0.0580. The lowest BCUT2D eigenvalue weighted by atomic mass is 9.85. The topological polar surface area (TPSA) is 12.5 Å². The molecule has 0 radical (unpaired) electrons. The average Bonchev–Trinajstić information content (AvgIpc) is 2.98. The number of benzene rings is 4. The summed E-state index contributed by atoms with van der Waals surface area (Å²) in [5.74, 6) is 0.907. The van der Waals surface area contributed by atoms with Crippen LogP contribution in [0, 0.1) is 20.8 Å². The van der Waals surface area contributed by atoms with Crippen LogP contribution in [0.15, 0.2) is 133 Å². The van der Waals surface area contributed by atoms with Crippen molar-refractivity contribution in [2.45, 2.75) is 46.8 Å². The van der Waals surface area contributed by atoms with Crippen molar-refractivity contribution in [3.05, 3.63) is 150 Å². The fourth-order valence-electron chi connectivity index (χ4n) is 5.89. The molecule has 0 bridgehead atoms. The molecule has 1 aliphatic heterocycles. The summed E-state index contributed by atoms with van der Waals surface area (Å²) in [5.41, 5.74) is 13.4. The largest absolute Gasteiger partial charge is 0.482 e. The molecule has 2 heteroatoms. The van der Waals surface area contributed by atoms with Gasteiger partial charge in [-0.3, -0.25) is 0 Å². The maximum Gasteiger partial charge on any atom is 0.141 e. The van der Waals surface area contributed by atoms with Crippen LogP contribution in [0.4, 0.5) is 5.69 Å². The van der Waals surface area contributed by atoms with Gasteiger partial charge in [0.15, 0.2) is 0 Å². The molecule has 2 nitrogen and oxygen atoms in total. The van der Waals surface area contributed by atoms with Crippen molar-refractivity contribution >= 4 is 5.69 Å². The van der Waals surface area contributed by atoms with Crippen LogP contribution in [0.5, 0.6) is 0 Å². The van der Waals surface area contributed by atoms with Crippen LogP contribution in [0.3, 0.4) is 0 Å². The van der Waals surface area contributed by atoms with Crippen molar-refractivity contribution in [1.29, 1.82) is 0 Å². The van der Waals surface area contributed by atoms with E-state index in [9.17, 15) is 0 Å². The molecule has 2 atom stereocenters. The summed E-state index contributed by atoms with van der Waals surface area (Å²) < 4.78 is 6.47. The Morgan fingerprint density at radius 2 is 1.12 bits per heavy atom. The summed E-state index contributed by atoms with van der Waals surface area (Å²) in [7, 11) is 0. The smallest absolute Gasteiger partial charge is 0.141 e. The second kappa shape index (κ2) is 11.1. The molecule has 0 spiro atoms. The van der Waals surface area contributed by atoms with Crippen molar-refractivity contribution in [3.63, 3.8) is 0 Å². The molecule has 0 aromatic heterocycles. The summed E-state index contributed by atoms with van der Waals surface area (Å²) in [6.07, 6.45) is 12.7. The molecule has 204 valence electrons. The first kappa shape index (κ1) is 26.7. The second-order valence-corrected chi connectivity index (χ2v) is 11.2. The van der Waals surface area contributed by atoms with Gasteiger partial charge in [-0.15, -0.1) is 0 Å². The highest BCUT2D eigenvalue weighted by molar-refractivity contribution is 5.97. The molecule has 2 aliphatic rings. The SMILES string of the molecule is C/C=C\C1=C(C)N(c2cc(-c3ccc(C)cc3)c(-c3ccc(C)cc3)c(-c3ccc(C)cc3)c2)C2C=CC=CC2O1. The molecule has 0 N–H and O–H groups in total. The molecular formula is C39H37NO. The van der Waals surface area contributed by atoms with Gasteiger partial charge in [0.05, 0.1) is 11.7 Å². The predicted molar refractivity (Wildman–Crippen MR) is 174 cm³/mol. The molecule has 41 heavy (non-hydrogen) atoms.